The van der Waals surface area contributed by atoms with E-state index in [0.29, 0.717) is 12.1 Å². The fourth-order valence-corrected chi connectivity index (χ4v) is 2.02. The Labute approximate surface area is 87.6 Å². The van der Waals surface area contributed by atoms with Crippen LogP contribution in [0.25, 0.3) is 0 Å². The van der Waals surface area contributed by atoms with Crippen LogP contribution >= 0.6 is 0 Å². The van der Waals surface area contributed by atoms with E-state index in [4.69, 9.17) is 10.5 Å². The molecule has 1 saturated heterocycles. The molecule has 2 unspecified atom stereocenters. The minimum atomic E-state index is 0.415. The summed E-state index contributed by atoms with van der Waals surface area (Å²) in [6.45, 7) is 8.36. The van der Waals surface area contributed by atoms with Crippen molar-refractivity contribution >= 4 is 0 Å². The summed E-state index contributed by atoms with van der Waals surface area (Å²) in [4.78, 5) is 2.49. The van der Waals surface area contributed by atoms with Gasteiger partial charge in [0.25, 0.3) is 0 Å². The fourth-order valence-electron chi connectivity index (χ4n) is 2.02. The predicted octanol–water partition coefficient (Wildman–Crippen LogP) is 1.22. The smallest absolute Gasteiger partial charge is 0.0593 e. The molecule has 14 heavy (non-hydrogen) atoms. The van der Waals surface area contributed by atoms with Gasteiger partial charge in [-0.25, -0.2) is 0 Å². The van der Waals surface area contributed by atoms with Gasteiger partial charge in [0.05, 0.1) is 6.61 Å². The lowest BCUT2D eigenvalue weighted by molar-refractivity contribution is 0.0728. The van der Waals surface area contributed by atoms with Crippen molar-refractivity contribution < 1.29 is 4.74 Å². The highest BCUT2D eigenvalue weighted by Crippen LogP contribution is 2.14. The van der Waals surface area contributed by atoms with Crippen LogP contribution in [0.15, 0.2) is 0 Å². The maximum absolute atomic E-state index is 5.91. The minimum absolute atomic E-state index is 0.415. The highest BCUT2D eigenvalue weighted by molar-refractivity contribution is 4.80. The van der Waals surface area contributed by atoms with E-state index in [1.165, 1.54) is 0 Å². The van der Waals surface area contributed by atoms with E-state index >= 15 is 0 Å². The Kier molecular flexibility index (Phi) is 5.45. The van der Waals surface area contributed by atoms with Crippen LogP contribution in [0.1, 0.15) is 33.1 Å². The largest absolute Gasteiger partial charge is 0.380 e. The Hall–Kier alpha value is -0.120. The molecule has 0 spiro atoms. The molecule has 2 atom stereocenters. The van der Waals surface area contributed by atoms with Crippen molar-refractivity contribution in [3.05, 3.63) is 0 Å². The summed E-state index contributed by atoms with van der Waals surface area (Å²) >= 11 is 0. The zero-order valence-corrected chi connectivity index (χ0v) is 9.54. The van der Waals surface area contributed by atoms with Crippen LogP contribution in [0.2, 0.25) is 0 Å². The number of piperidine rings is 1. The van der Waals surface area contributed by atoms with Crippen LogP contribution in [0, 0.1) is 0 Å². The van der Waals surface area contributed by atoms with Crippen LogP contribution < -0.4 is 5.73 Å². The summed E-state index contributed by atoms with van der Waals surface area (Å²) in [5, 5.41) is 0. The van der Waals surface area contributed by atoms with E-state index in [2.05, 4.69) is 18.7 Å². The van der Waals surface area contributed by atoms with Crippen molar-refractivity contribution in [3.63, 3.8) is 0 Å². The molecule has 1 fully saturated rings. The predicted molar refractivity (Wildman–Crippen MR) is 59.4 cm³/mol. The Bertz CT molecular complexity index is 152. The minimum Gasteiger partial charge on any atom is -0.380 e. The summed E-state index contributed by atoms with van der Waals surface area (Å²) in [5.41, 5.74) is 5.91. The average molecular weight is 200 g/mol. The molecular weight excluding hydrogens is 176 g/mol. The average Bonchev–Trinajstić information content (AvgIpc) is 2.15. The van der Waals surface area contributed by atoms with Gasteiger partial charge in [-0.2, -0.15) is 0 Å². The van der Waals surface area contributed by atoms with Gasteiger partial charge in [-0.3, -0.25) is 4.90 Å². The van der Waals surface area contributed by atoms with E-state index in [0.717, 1.165) is 45.6 Å². The molecule has 0 aromatic carbocycles. The third-order valence-corrected chi connectivity index (χ3v) is 2.93. The first kappa shape index (κ1) is 12.0. The van der Waals surface area contributed by atoms with Crippen LogP contribution in [0.5, 0.6) is 0 Å². The van der Waals surface area contributed by atoms with Gasteiger partial charge in [-0.15, -0.1) is 0 Å². The second-order valence-corrected chi connectivity index (χ2v) is 4.28. The Morgan fingerprint density at radius 3 is 2.86 bits per heavy atom. The third kappa shape index (κ3) is 3.95. The van der Waals surface area contributed by atoms with Gasteiger partial charge in [-0.05, 0) is 32.7 Å². The van der Waals surface area contributed by atoms with E-state index in [1.54, 1.807) is 0 Å². The zero-order chi connectivity index (χ0) is 10.4. The lowest BCUT2D eigenvalue weighted by Crippen LogP contribution is -2.46. The Morgan fingerprint density at radius 1 is 1.43 bits per heavy atom. The van der Waals surface area contributed by atoms with Crippen molar-refractivity contribution in [2.75, 3.05) is 26.3 Å². The van der Waals surface area contributed by atoms with Gasteiger partial charge in [0.15, 0.2) is 0 Å². The molecule has 0 aromatic rings. The molecule has 1 heterocycles. The first-order valence-electron chi connectivity index (χ1n) is 5.81. The van der Waals surface area contributed by atoms with Gasteiger partial charge in [-0.1, -0.05) is 6.92 Å². The van der Waals surface area contributed by atoms with Crippen LogP contribution in [-0.2, 0) is 4.74 Å². The van der Waals surface area contributed by atoms with E-state index < -0.39 is 0 Å². The molecule has 1 aliphatic rings. The molecule has 3 nitrogen and oxygen atoms in total. The number of ether oxygens (including phenoxy) is 1. The highest BCUT2D eigenvalue weighted by atomic mass is 16.5. The van der Waals surface area contributed by atoms with Crippen LogP contribution in [0.3, 0.4) is 0 Å². The number of hydrogen-bond donors (Lipinski definition) is 1. The molecule has 0 bridgehead atoms. The molecule has 0 saturated carbocycles. The van der Waals surface area contributed by atoms with Gasteiger partial charge >= 0.3 is 0 Å². The van der Waals surface area contributed by atoms with Crippen molar-refractivity contribution in [3.8, 4) is 0 Å². The van der Waals surface area contributed by atoms with E-state index in [-0.39, 0.29) is 0 Å². The number of nitrogens with two attached hydrogens (primary N) is 1. The van der Waals surface area contributed by atoms with E-state index in [9.17, 15) is 0 Å². The third-order valence-electron chi connectivity index (χ3n) is 2.93. The summed E-state index contributed by atoms with van der Waals surface area (Å²) in [5.74, 6) is 0. The summed E-state index contributed by atoms with van der Waals surface area (Å²) in [7, 11) is 0. The van der Waals surface area contributed by atoms with Crippen molar-refractivity contribution in [1.29, 1.82) is 0 Å². The van der Waals surface area contributed by atoms with Crippen molar-refractivity contribution in [2.45, 2.75) is 45.2 Å². The normalized spacial score (nSPS) is 29.4. The maximum Gasteiger partial charge on any atom is 0.0593 e. The molecule has 0 radical (unpaired) electrons. The summed E-state index contributed by atoms with van der Waals surface area (Å²) in [6.07, 6.45) is 3.38. The Morgan fingerprint density at radius 2 is 2.21 bits per heavy atom. The van der Waals surface area contributed by atoms with Crippen LogP contribution in [-0.4, -0.2) is 43.3 Å². The quantitative estimate of drug-likeness (QED) is 0.678. The molecular formula is C11H24N2O. The second kappa shape index (κ2) is 6.38. The maximum atomic E-state index is 5.91. The molecule has 0 amide bonds. The SMILES string of the molecule is CCCOCCN1CCC(N)CC1C. The number of rotatable bonds is 5. The summed E-state index contributed by atoms with van der Waals surface area (Å²) < 4.78 is 5.49. The summed E-state index contributed by atoms with van der Waals surface area (Å²) in [6, 6.07) is 1.04. The molecule has 0 aliphatic carbocycles. The van der Waals surface area contributed by atoms with Crippen molar-refractivity contribution in [2.24, 2.45) is 5.73 Å². The van der Waals surface area contributed by atoms with Gasteiger partial charge < -0.3 is 10.5 Å². The number of hydrogen-bond acceptors (Lipinski definition) is 3. The van der Waals surface area contributed by atoms with Crippen molar-refractivity contribution in [1.82, 2.24) is 4.90 Å². The molecule has 3 heteroatoms. The lowest BCUT2D eigenvalue weighted by atomic mass is 9.99. The molecule has 1 aliphatic heterocycles. The molecule has 84 valence electrons. The first-order valence-corrected chi connectivity index (χ1v) is 5.81. The lowest BCUT2D eigenvalue weighted by Gasteiger charge is -2.36. The fraction of sp³-hybridized carbons (Fsp3) is 1.00. The first-order chi connectivity index (χ1) is 6.74. The topological polar surface area (TPSA) is 38.5 Å². The zero-order valence-electron chi connectivity index (χ0n) is 9.54. The van der Waals surface area contributed by atoms with Gasteiger partial charge in [0.1, 0.15) is 0 Å². The molecule has 2 N–H and O–H groups in total. The van der Waals surface area contributed by atoms with Gasteiger partial charge in [0, 0.05) is 25.2 Å². The monoisotopic (exact) mass is 200 g/mol. The molecule has 0 aromatic heterocycles. The second-order valence-electron chi connectivity index (χ2n) is 4.28. The standard InChI is InChI=1S/C11H24N2O/c1-3-7-14-8-6-13-5-4-11(12)9-10(13)2/h10-11H,3-9,12H2,1-2H3. The Balaban J connectivity index is 2.11. The number of likely N-dealkylation sites (tertiary alicyclic amines) is 1. The molecule has 1 rings (SSSR count). The van der Waals surface area contributed by atoms with Crippen LogP contribution in [0.4, 0.5) is 0 Å². The highest BCUT2D eigenvalue weighted by Gasteiger charge is 2.22. The van der Waals surface area contributed by atoms with E-state index in [1.807, 2.05) is 0 Å². The van der Waals surface area contributed by atoms with Gasteiger partial charge in [0.2, 0.25) is 0 Å². The number of nitrogens with zero attached hydrogens (tertiary/aromatic N) is 1.